The van der Waals surface area contributed by atoms with Crippen LogP contribution in [-0.2, 0) is 16.4 Å². The third-order valence-electron chi connectivity index (χ3n) is 3.67. The molecule has 0 aromatic carbocycles. The summed E-state index contributed by atoms with van der Waals surface area (Å²) in [4.78, 5) is 6.59. The van der Waals surface area contributed by atoms with Crippen LogP contribution in [0.25, 0.3) is 0 Å². The first-order valence-electron chi connectivity index (χ1n) is 7.12. The zero-order valence-electron chi connectivity index (χ0n) is 12.8. The Hall–Kier alpha value is -1.50. The van der Waals surface area contributed by atoms with Crippen molar-refractivity contribution >= 4 is 15.8 Å². The van der Waals surface area contributed by atoms with E-state index in [-0.39, 0.29) is 5.75 Å². The molecule has 0 aliphatic carbocycles. The Morgan fingerprint density at radius 1 is 1.52 bits per heavy atom. The number of rotatable bonds is 3. The molecular formula is C14H23N3O3S. The lowest BCUT2D eigenvalue weighted by molar-refractivity contribution is 0.353. The molecule has 0 spiro atoms. The molecule has 1 N–H and O–H groups in total. The van der Waals surface area contributed by atoms with Gasteiger partial charge in [-0.3, -0.25) is 0 Å². The molecule has 1 aliphatic heterocycles. The van der Waals surface area contributed by atoms with Crippen molar-refractivity contribution in [2.45, 2.75) is 32.1 Å². The Kier molecular flexibility index (Phi) is 4.61. The first-order chi connectivity index (χ1) is 9.86. The first kappa shape index (κ1) is 15.9. The van der Waals surface area contributed by atoms with Crippen LogP contribution < -0.4 is 5.32 Å². The molecule has 1 aliphatic rings. The molecule has 2 heterocycles. The maximum Gasteiger partial charge on any atom is 0.194 e. The summed E-state index contributed by atoms with van der Waals surface area (Å²) in [6.45, 7) is 7.73. The van der Waals surface area contributed by atoms with Gasteiger partial charge >= 0.3 is 0 Å². The Labute approximate surface area is 126 Å². The number of hydrogen-bond acceptors (Lipinski definition) is 4. The van der Waals surface area contributed by atoms with Gasteiger partial charge in [-0.2, -0.15) is 0 Å². The number of hydrogen-bond donors (Lipinski definition) is 1. The van der Waals surface area contributed by atoms with Crippen LogP contribution in [0.1, 0.15) is 26.3 Å². The van der Waals surface area contributed by atoms with E-state index >= 15 is 0 Å². The molecule has 1 saturated heterocycles. The number of guanidine groups is 1. The Balaban J connectivity index is 2.13. The molecule has 21 heavy (non-hydrogen) atoms. The highest BCUT2D eigenvalue weighted by molar-refractivity contribution is 7.92. The minimum atomic E-state index is -3.04. The zero-order valence-corrected chi connectivity index (χ0v) is 13.6. The number of nitrogens with zero attached hydrogens (tertiary/aromatic N) is 2. The van der Waals surface area contributed by atoms with Gasteiger partial charge in [0, 0.05) is 25.2 Å². The minimum Gasteiger partial charge on any atom is -0.472 e. The van der Waals surface area contributed by atoms with Gasteiger partial charge in [-0.1, -0.05) is 0 Å². The van der Waals surface area contributed by atoms with Crippen LogP contribution in [0.3, 0.4) is 0 Å². The summed E-state index contributed by atoms with van der Waals surface area (Å²) < 4.78 is 28.4. The summed E-state index contributed by atoms with van der Waals surface area (Å²) in [7, 11) is -3.04. The molecule has 0 atom stereocenters. The van der Waals surface area contributed by atoms with E-state index in [1.54, 1.807) is 26.4 Å². The molecule has 0 unspecified atom stereocenters. The summed E-state index contributed by atoms with van der Waals surface area (Å²) in [5.41, 5.74) is 0.995. The standard InChI is InChI=1S/C14H23N3O3S/c1-4-15-13(16-9-12-5-7-20-10-12)17-6-8-21(18,19)14(2,3)11-17/h5,7,10H,4,6,8-9,11H2,1-3H3,(H,15,16). The highest BCUT2D eigenvalue weighted by Crippen LogP contribution is 2.23. The molecule has 0 amide bonds. The molecule has 0 bridgehead atoms. The highest BCUT2D eigenvalue weighted by Gasteiger charge is 2.40. The van der Waals surface area contributed by atoms with E-state index in [1.807, 2.05) is 17.9 Å². The molecule has 1 aromatic heterocycles. The van der Waals surface area contributed by atoms with Crippen LogP contribution in [0.4, 0.5) is 0 Å². The molecule has 2 rings (SSSR count). The van der Waals surface area contributed by atoms with Crippen molar-refractivity contribution < 1.29 is 12.8 Å². The molecule has 1 fully saturated rings. The summed E-state index contributed by atoms with van der Waals surface area (Å²) in [5, 5.41) is 3.23. The minimum absolute atomic E-state index is 0.163. The van der Waals surface area contributed by atoms with Crippen molar-refractivity contribution in [3.8, 4) is 0 Å². The molecule has 0 saturated carbocycles. The average Bonchev–Trinajstić information content (AvgIpc) is 2.91. The van der Waals surface area contributed by atoms with E-state index in [9.17, 15) is 8.42 Å². The van der Waals surface area contributed by atoms with Crippen molar-refractivity contribution in [3.05, 3.63) is 24.2 Å². The molecule has 1 aromatic rings. The molecule has 7 heteroatoms. The van der Waals surface area contributed by atoms with Gasteiger partial charge in [0.25, 0.3) is 0 Å². The van der Waals surface area contributed by atoms with E-state index in [2.05, 4.69) is 10.3 Å². The maximum absolute atomic E-state index is 12.1. The second-order valence-corrected chi connectivity index (χ2v) is 8.54. The van der Waals surface area contributed by atoms with Crippen LogP contribution in [0.5, 0.6) is 0 Å². The van der Waals surface area contributed by atoms with E-state index in [0.717, 1.165) is 18.1 Å². The molecular weight excluding hydrogens is 290 g/mol. The fourth-order valence-corrected chi connectivity index (χ4v) is 3.66. The van der Waals surface area contributed by atoms with Crippen molar-refractivity contribution in [2.24, 2.45) is 4.99 Å². The Morgan fingerprint density at radius 3 is 2.86 bits per heavy atom. The van der Waals surface area contributed by atoms with Crippen LogP contribution >= 0.6 is 0 Å². The normalized spacial score (nSPS) is 21.3. The SMILES string of the molecule is CCNC(=NCc1ccoc1)N1CCS(=O)(=O)C(C)(C)C1. The lowest BCUT2D eigenvalue weighted by Crippen LogP contribution is -2.57. The van der Waals surface area contributed by atoms with Crippen LogP contribution in [-0.4, -0.2) is 49.4 Å². The van der Waals surface area contributed by atoms with Crippen LogP contribution in [0.15, 0.2) is 28.0 Å². The van der Waals surface area contributed by atoms with Gasteiger partial charge in [0.15, 0.2) is 15.8 Å². The van der Waals surface area contributed by atoms with Gasteiger partial charge in [-0.25, -0.2) is 13.4 Å². The maximum atomic E-state index is 12.1. The van der Waals surface area contributed by atoms with Gasteiger partial charge in [-0.05, 0) is 26.8 Å². The third-order valence-corrected chi connectivity index (χ3v) is 6.20. The number of furan rings is 1. The third kappa shape index (κ3) is 3.58. The molecule has 0 radical (unpaired) electrons. The number of aliphatic imine (C=N–C) groups is 1. The number of nitrogens with one attached hydrogen (secondary N) is 1. The van der Waals surface area contributed by atoms with Gasteiger partial charge in [0.05, 0.1) is 29.6 Å². The first-order valence-corrected chi connectivity index (χ1v) is 8.77. The van der Waals surface area contributed by atoms with E-state index in [1.165, 1.54) is 0 Å². The quantitative estimate of drug-likeness (QED) is 0.671. The second-order valence-electron chi connectivity index (χ2n) is 5.80. The average molecular weight is 313 g/mol. The van der Waals surface area contributed by atoms with Gasteiger partial charge in [0.2, 0.25) is 0 Å². The van der Waals surface area contributed by atoms with Crippen LogP contribution in [0.2, 0.25) is 0 Å². The van der Waals surface area contributed by atoms with Gasteiger partial charge in [0.1, 0.15) is 0 Å². The summed E-state index contributed by atoms with van der Waals surface area (Å²) >= 11 is 0. The fourth-order valence-electron chi connectivity index (χ4n) is 2.30. The number of sulfone groups is 1. The Morgan fingerprint density at radius 2 is 2.29 bits per heavy atom. The smallest absolute Gasteiger partial charge is 0.194 e. The molecule has 6 nitrogen and oxygen atoms in total. The topological polar surface area (TPSA) is 74.9 Å². The lowest BCUT2D eigenvalue weighted by Gasteiger charge is -2.39. The largest absolute Gasteiger partial charge is 0.472 e. The van der Waals surface area contributed by atoms with E-state index in [4.69, 9.17) is 4.42 Å². The predicted octanol–water partition coefficient (Wildman–Crippen LogP) is 1.25. The van der Waals surface area contributed by atoms with Crippen molar-refractivity contribution in [3.63, 3.8) is 0 Å². The van der Waals surface area contributed by atoms with Crippen molar-refractivity contribution in [1.82, 2.24) is 10.2 Å². The Bertz CT molecular complexity index is 591. The van der Waals surface area contributed by atoms with E-state index < -0.39 is 14.6 Å². The monoisotopic (exact) mass is 313 g/mol. The van der Waals surface area contributed by atoms with Gasteiger partial charge < -0.3 is 14.6 Å². The van der Waals surface area contributed by atoms with Crippen molar-refractivity contribution in [2.75, 3.05) is 25.4 Å². The van der Waals surface area contributed by atoms with Gasteiger partial charge in [-0.15, -0.1) is 0 Å². The predicted molar refractivity (Wildman–Crippen MR) is 83.0 cm³/mol. The molecule has 118 valence electrons. The summed E-state index contributed by atoms with van der Waals surface area (Å²) in [6, 6.07) is 1.87. The second kappa shape index (κ2) is 6.09. The van der Waals surface area contributed by atoms with Crippen molar-refractivity contribution in [1.29, 1.82) is 0 Å². The summed E-state index contributed by atoms with van der Waals surface area (Å²) in [5.74, 6) is 0.914. The zero-order chi connectivity index (χ0) is 15.5. The highest BCUT2D eigenvalue weighted by atomic mass is 32.2. The fraction of sp³-hybridized carbons (Fsp3) is 0.643. The summed E-state index contributed by atoms with van der Waals surface area (Å²) in [6.07, 6.45) is 3.28. The lowest BCUT2D eigenvalue weighted by atomic mass is 10.2. The van der Waals surface area contributed by atoms with Crippen LogP contribution in [0, 0.1) is 0 Å². The van der Waals surface area contributed by atoms with E-state index in [0.29, 0.717) is 19.6 Å².